The monoisotopic (exact) mass is 275 g/mol. The van der Waals surface area contributed by atoms with Gasteiger partial charge in [0.2, 0.25) is 0 Å². The maximum absolute atomic E-state index is 12.1. The Morgan fingerprint density at radius 1 is 1.37 bits per heavy atom. The van der Waals surface area contributed by atoms with Crippen LogP contribution in [0.15, 0.2) is 34.9 Å². The van der Waals surface area contributed by atoms with Gasteiger partial charge < -0.3 is 15.2 Å². The van der Waals surface area contributed by atoms with Crippen molar-refractivity contribution in [2.75, 3.05) is 11.9 Å². The molecule has 2 aromatic rings. The molecule has 0 aliphatic heterocycles. The fourth-order valence-corrected chi connectivity index (χ4v) is 1.74. The second kappa shape index (κ2) is 5.19. The minimum Gasteiger partial charge on any atom is -0.389 e. The first-order valence-corrected chi connectivity index (χ1v) is 6.01. The van der Waals surface area contributed by atoms with Gasteiger partial charge in [-0.05, 0) is 31.2 Å². The predicted molar refractivity (Wildman–Crippen MR) is 76.3 cm³/mol. The molecule has 6 heteroatoms. The van der Waals surface area contributed by atoms with Crippen molar-refractivity contribution in [2.24, 2.45) is 5.73 Å². The summed E-state index contributed by atoms with van der Waals surface area (Å²) >= 11 is 4.88. The Labute approximate surface area is 116 Å². The Kier molecular flexibility index (Phi) is 3.62. The van der Waals surface area contributed by atoms with E-state index in [0.29, 0.717) is 10.7 Å². The second-order valence-corrected chi connectivity index (χ2v) is 4.54. The van der Waals surface area contributed by atoms with E-state index < -0.39 is 0 Å². The van der Waals surface area contributed by atoms with Gasteiger partial charge in [0.1, 0.15) is 10.7 Å². The smallest absolute Gasteiger partial charge is 0.280 e. The molecule has 1 aromatic heterocycles. The van der Waals surface area contributed by atoms with Crippen molar-refractivity contribution in [1.82, 2.24) is 5.16 Å². The summed E-state index contributed by atoms with van der Waals surface area (Å²) in [6.07, 6.45) is 0. The highest BCUT2D eigenvalue weighted by Gasteiger charge is 2.17. The highest BCUT2D eigenvalue weighted by molar-refractivity contribution is 7.80. The van der Waals surface area contributed by atoms with Gasteiger partial charge in [0, 0.05) is 24.4 Å². The van der Waals surface area contributed by atoms with Crippen LogP contribution in [0.4, 0.5) is 5.69 Å². The summed E-state index contributed by atoms with van der Waals surface area (Å²) in [5.41, 5.74) is 7.29. The van der Waals surface area contributed by atoms with Crippen molar-refractivity contribution in [2.45, 2.75) is 6.92 Å². The fourth-order valence-electron chi connectivity index (χ4n) is 1.61. The number of thiocarbonyl (C=S) groups is 1. The number of nitrogens with two attached hydrogens (primary N) is 1. The maximum atomic E-state index is 12.1. The van der Waals surface area contributed by atoms with Gasteiger partial charge in [0.15, 0.2) is 5.69 Å². The van der Waals surface area contributed by atoms with Gasteiger partial charge in [-0.25, -0.2) is 0 Å². The van der Waals surface area contributed by atoms with Crippen molar-refractivity contribution >= 4 is 28.8 Å². The van der Waals surface area contributed by atoms with E-state index in [9.17, 15) is 4.79 Å². The Morgan fingerprint density at radius 2 is 2.00 bits per heavy atom. The minimum absolute atomic E-state index is 0.236. The lowest BCUT2D eigenvalue weighted by Crippen LogP contribution is -2.26. The lowest BCUT2D eigenvalue weighted by atomic mass is 10.2. The lowest BCUT2D eigenvalue weighted by Gasteiger charge is -2.16. The number of carbonyl (C=O) groups is 1. The van der Waals surface area contributed by atoms with Gasteiger partial charge in [0.05, 0.1) is 0 Å². The molecule has 0 atom stereocenters. The topological polar surface area (TPSA) is 72.4 Å². The highest BCUT2D eigenvalue weighted by Crippen LogP contribution is 2.16. The molecule has 0 unspecified atom stereocenters. The summed E-state index contributed by atoms with van der Waals surface area (Å²) in [6.45, 7) is 1.74. The van der Waals surface area contributed by atoms with Crippen molar-refractivity contribution < 1.29 is 9.32 Å². The first-order valence-electron chi connectivity index (χ1n) is 5.60. The van der Waals surface area contributed by atoms with Gasteiger partial charge in [0.25, 0.3) is 5.91 Å². The van der Waals surface area contributed by atoms with Crippen LogP contribution in [-0.4, -0.2) is 23.1 Å². The van der Waals surface area contributed by atoms with Crippen LogP contribution in [0, 0.1) is 6.92 Å². The zero-order valence-electron chi connectivity index (χ0n) is 10.6. The molecule has 5 nitrogen and oxygen atoms in total. The van der Waals surface area contributed by atoms with Crippen LogP contribution >= 0.6 is 12.2 Å². The average molecular weight is 275 g/mol. The third kappa shape index (κ3) is 2.79. The van der Waals surface area contributed by atoms with E-state index in [2.05, 4.69) is 5.16 Å². The molecule has 98 valence electrons. The predicted octanol–water partition coefficient (Wildman–Crippen LogP) is 1.89. The van der Waals surface area contributed by atoms with Gasteiger partial charge in [-0.1, -0.05) is 17.4 Å². The molecule has 2 rings (SSSR count). The van der Waals surface area contributed by atoms with Crippen molar-refractivity contribution in [3.63, 3.8) is 0 Å². The normalized spacial score (nSPS) is 10.2. The molecule has 1 amide bonds. The van der Waals surface area contributed by atoms with Crippen molar-refractivity contribution in [3.05, 3.63) is 47.3 Å². The summed E-state index contributed by atoms with van der Waals surface area (Å²) in [4.78, 5) is 13.9. The molecule has 2 N–H and O–H groups in total. The maximum Gasteiger partial charge on any atom is 0.280 e. The number of benzene rings is 1. The largest absolute Gasteiger partial charge is 0.389 e. The number of aromatic nitrogens is 1. The van der Waals surface area contributed by atoms with Crippen LogP contribution in [0.3, 0.4) is 0 Å². The lowest BCUT2D eigenvalue weighted by molar-refractivity contribution is 0.0984. The van der Waals surface area contributed by atoms with Gasteiger partial charge in [-0.2, -0.15) is 0 Å². The Bertz CT molecular complexity index is 619. The molecular formula is C13H13N3O2S. The molecule has 0 fully saturated rings. The quantitative estimate of drug-likeness (QED) is 0.866. The first kappa shape index (κ1) is 13.2. The molecule has 19 heavy (non-hydrogen) atoms. The van der Waals surface area contributed by atoms with Crippen LogP contribution in [0.5, 0.6) is 0 Å². The summed E-state index contributed by atoms with van der Waals surface area (Å²) in [6, 6.07) is 8.70. The summed E-state index contributed by atoms with van der Waals surface area (Å²) in [5, 5.41) is 3.70. The van der Waals surface area contributed by atoms with Gasteiger partial charge >= 0.3 is 0 Å². The third-order valence-electron chi connectivity index (χ3n) is 2.69. The van der Waals surface area contributed by atoms with E-state index in [1.807, 2.05) is 0 Å². The highest BCUT2D eigenvalue weighted by atomic mass is 32.1. The van der Waals surface area contributed by atoms with Gasteiger partial charge in [-0.15, -0.1) is 0 Å². The molecule has 0 aliphatic carbocycles. The Morgan fingerprint density at radius 3 is 2.47 bits per heavy atom. The van der Waals surface area contributed by atoms with E-state index >= 15 is 0 Å². The zero-order chi connectivity index (χ0) is 14.0. The van der Waals surface area contributed by atoms with Crippen LogP contribution in [0.25, 0.3) is 0 Å². The molecule has 1 heterocycles. The number of amides is 1. The Hall–Kier alpha value is -2.21. The number of carbonyl (C=O) groups excluding carboxylic acids is 1. The molecule has 1 aromatic carbocycles. The van der Waals surface area contributed by atoms with Crippen LogP contribution in [0.1, 0.15) is 21.8 Å². The molecule has 0 aliphatic rings. The van der Waals surface area contributed by atoms with E-state index in [1.165, 1.54) is 4.90 Å². The van der Waals surface area contributed by atoms with Crippen molar-refractivity contribution in [3.8, 4) is 0 Å². The second-order valence-electron chi connectivity index (χ2n) is 4.10. The van der Waals surface area contributed by atoms with Crippen LogP contribution < -0.4 is 10.6 Å². The van der Waals surface area contributed by atoms with Crippen molar-refractivity contribution in [1.29, 1.82) is 0 Å². The summed E-state index contributed by atoms with van der Waals surface area (Å²) < 4.78 is 4.89. The van der Waals surface area contributed by atoms with E-state index in [1.54, 1.807) is 44.3 Å². The molecule has 0 saturated heterocycles. The molecule has 0 spiro atoms. The minimum atomic E-state index is -0.236. The van der Waals surface area contributed by atoms with E-state index in [-0.39, 0.29) is 11.6 Å². The average Bonchev–Trinajstić information content (AvgIpc) is 2.84. The molecule has 0 bridgehead atoms. The standard InChI is InChI=1S/C13H13N3O2S/c1-8-7-11(15-18-8)13(17)16(2)10-5-3-9(4-6-10)12(14)19/h3-7H,1-2H3,(H2,14,19). The van der Waals surface area contributed by atoms with E-state index in [4.69, 9.17) is 22.5 Å². The van der Waals surface area contributed by atoms with Gasteiger partial charge in [-0.3, -0.25) is 4.79 Å². The number of nitrogens with zero attached hydrogens (tertiary/aromatic N) is 2. The molecule has 0 radical (unpaired) electrons. The fraction of sp³-hybridized carbons (Fsp3) is 0.154. The Balaban J connectivity index is 2.21. The summed E-state index contributed by atoms with van der Waals surface area (Å²) in [7, 11) is 1.67. The van der Waals surface area contributed by atoms with Crippen LogP contribution in [-0.2, 0) is 0 Å². The third-order valence-corrected chi connectivity index (χ3v) is 2.93. The number of rotatable bonds is 3. The van der Waals surface area contributed by atoms with Crippen LogP contribution in [0.2, 0.25) is 0 Å². The first-order chi connectivity index (χ1) is 8.99. The number of hydrogen-bond acceptors (Lipinski definition) is 4. The van der Waals surface area contributed by atoms with E-state index in [0.717, 1.165) is 11.3 Å². The molecular weight excluding hydrogens is 262 g/mol. The zero-order valence-corrected chi connectivity index (χ0v) is 11.4. The molecule has 0 saturated carbocycles. The number of anilines is 1. The number of aryl methyl sites for hydroxylation is 1. The number of hydrogen-bond donors (Lipinski definition) is 1. The SMILES string of the molecule is Cc1cc(C(=O)N(C)c2ccc(C(N)=S)cc2)no1. The summed E-state index contributed by atoms with van der Waals surface area (Å²) in [5.74, 6) is 0.362.